The molecule has 0 fully saturated rings. The van der Waals surface area contributed by atoms with E-state index in [1.807, 2.05) is 11.8 Å². The molecule has 0 radical (unpaired) electrons. The van der Waals surface area contributed by atoms with Crippen LogP contribution in [0.1, 0.15) is 0 Å². The highest BCUT2D eigenvalue weighted by molar-refractivity contribution is 8.02. The maximum atomic E-state index is 2.28. The smallest absolute Gasteiger partial charge is 0.0723 e. The Morgan fingerprint density at radius 1 is 1.00 bits per heavy atom. The molecule has 0 saturated heterocycles. The van der Waals surface area contributed by atoms with Gasteiger partial charge in [-0.2, -0.15) is 0 Å². The molecule has 0 atom stereocenters. The Bertz CT molecular complexity index is 513. The molecule has 0 aliphatic carbocycles. The number of rotatable bonds is 1. The van der Waals surface area contributed by atoms with Gasteiger partial charge >= 0.3 is 0 Å². The Kier molecular flexibility index (Phi) is 2.14. The van der Waals surface area contributed by atoms with Crippen LogP contribution in [0.5, 0.6) is 0 Å². The summed E-state index contributed by atoms with van der Waals surface area (Å²) in [6.07, 6.45) is 2.15. The Balaban J connectivity index is 2.21. The lowest BCUT2D eigenvalue weighted by Crippen LogP contribution is -2.10. The fourth-order valence-corrected chi connectivity index (χ4v) is 2.60. The summed E-state index contributed by atoms with van der Waals surface area (Å²) < 4.78 is 0. The summed E-state index contributed by atoms with van der Waals surface area (Å²) >= 11 is 1.83. The van der Waals surface area contributed by atoms with Crippen molar-refractivity contribution < 1.29 is 0 Å². The van der Waals surface area contributed by atoms with E-state index < -0.39 is 0 Å². The lowest BCUT2D eigenvalue weighted by molar-refractivity contribution is 1.20. The van der Waals surface area contributed by atoms with E-state index in [1.165, 1.54) is 16.5 Å². The molecule has 0 saturated carbocycles. The Labute approximate surface area is 93.4 Å². The molecule has 1 aliphatic rings. The average molecular weight is 213 g/mol. The number of hydrogen-bond acceptors (Lipinski definition) is 2. The van der Waals surface area contributed by atoms with Gasteiger partial charge in [0.2, 0.25) is 0 Å². The van der Waals surface area contributed by atoms with Crippen LogP contribution in [-0.4, -0.2) is 5.88 Å². The largest absolute Gasteiger partial charge is 0.337 e. The Hall–Kier alpha value is -1.41. The van der Waals surface area contributed by atoms with E-state index >= 15 is 0 Å². The fraction of sp³-hybridized carbons (Fsp3) is 0.0769. The first-order valence-electron chi connectivity index (χ1n) is 4.98. The van der Waals surface area contributed by atoms with Crippen molar-refractivity contribution >= 4 is 28.2 Å². The van der Waals surface area contributed by atoms with Crippen molar-refractivity contribution in [3.63, 3.8) is 0 Å². The van der Waals surface area contributed by atoms with Crippen molar-refractivity contribution in [3.05, 3.63) is 54.1 Å². The highest BCUT2D eigenvalue weighted by Crippen LogP contribution is 2.30. The van der Waals surface area contributed by atoms with Crippen molar-refractivity contribution in [3.8, 4) is 0 Å². The maximum Gasteiger partial charge on any atom is 0.0723 e. The van der Waals surface area contributed by atoms with Gasteiger partial charge in [0.15, 0.2) is 0 Å². The summed E-state index contributed by atoms with van der Waals surface area (Å²) in [5.41, 5.74) is 1.30. The van der Waals surface area contributed by atoms with Crippen molar-refractivity contribution in [2.24, 2.45) is 0 Å². The second-order valence-corrected chi connectivity index (χ2v) is 4.41. The number of nitrogens with zero attached hydrogens (tertiary/aromatic N) is 1. The number of benzene rings is 2. The molecule has 0 aromatic heterocycles. The van der Waals surface area contributed by atoms with Crippen molar-refractivity contribution in [1.29, 1.82) is 0 Å². The van der Waals surface area contributed by atoms with E-state index in [1.54, 1.807) is 0 Å². The van der Waals surface area contributed by atoms with Gasteiger partial charge < -0.3 is 4.90 Å². The molecule has 0 bridgehead atoms. The van der Waals surface area contributed by atoms with Gasteiger partial charge in [-0.05, 0) is 16.9 Å². The first kappa shape index (κ1) is 8.86. The molecule has 1 heterocycles. The highest BCUT2D eigenvalue weighted by Gasteiger charge is 2.09. The molecule has 0 N–H and O–H groups in total. The summed E-state index contributed by atoms with van der Waals surface area (Å²) in [6.45, 7) is 0. The van der Waals surface area contributed by atoms with Crippen molar-refractivity contribution in [1.82, 2.24) is 0 Å². The van der Waals surface area contributed by atoms with E-state index in [0.29, 0.717) is 0 Å². The van der Waals surface area contributed by atoms with Crippen LogP contribution in [-0.2, 0) is 0 Å². The molecule has 1 nitrogen and oxygen atoms in total. The van der Waals surface area contributed by atoms with E-state index in [2.05, 4.69) is 59.0 Å². The third kappa shape index (κ3) is 1.51. The molecule has 0 amide bonds. The molecule has 3 rings (SSSR count). The van der Waals surface area contributed by atoms with Crippen molar-refractivity contribution in [2.45, 2.75) is 0 Å². The van der Waals surface area contributed by atoms with Crippen LogP contribution < -0.4 is 4.90 Å². The molecular formula is C13H11NS. The van der Waals surface area contributed by atoms with Crippen LogP contribution in [0.3, 0.4) is 0 Å². The molecule has 74 valence electrons. The minimum Gasteiger partial charge on any atom is -0.337 e. The third-order valence-electron chi connectivity index (χ3n) is 2.63. The quantitative estimate of drug-likeness (QED) is 0.708. The van der Waals surface area contributed by atoms with Gasteiger partial charge in [-0.1, -0.05) is 36.4 Å². The van der Waals surface area contributed by atoms with Gasteiger partial charge in [0.1, 0.15) is 0 Å². The Morgan fingerprint density at radius 3 is 2.73 bits per heavy atom. The maximum absolute atomic E-state index is 2.28. The predicted octanol–water partition coefficient (Wildman–Crippen LogP) is 3.82. The monoisotopic (exact) mass is 213 g/mol. The molecular weight excluding hydrogens is 202 g/mol. The van der Waals surface area contributed by atoms with E-state index in [4.69, 9.17) is 0 Å². The Morgan fingerprint density at radius 2 is 1.87 bits per heavy atom. The topological polar surface area (TPSA) is 3.24 Å². The zero-order chi connectivity index (χ0) is 10.1. The first-order chi connectivity index (χ1) is 7.45. The standard InChI is InChI=1S/C13H11NS/c1-2-6-12-11(4-1)5-3-7-13(12)14-8-9-15-10-14/h1-9H,10H2. The van der Waals surface area contributed by atoms with Gasteiger partial charge in [-0.25, -0.2) is 0 Å². The van der Waals surface area contributed by atoms with Gasteiger partial charge in [-0.15, -0.1) is 11.8 Å². The molecule has 15 heavy (non-hydrogen) atoms. The van der Waals surface area contributed by atoms with Gasteiger partial charge in [0.25, 0.3) is 0 Å². The minimum absolute atomic E-state index is 1.02. The van der Waals surface area contributed by atoms with Crippen molar-refractivity contribution in [2.75, 3.05) is 10.8 Å². The second kappa shape index (κ2) is 3.63. The lowest BCUT2D eigenvalue weighted by atomic mass is 10.1. The normalized spacial score (nSPS) is 15.1. The van der Waals surface area contributed by atoms with Crippen LogP contribution in [0.15, 0.2) is 54.1 Å². The molecule has 2 aromatic rings. The predicted molar refractivity (Wildman–Crippen MR) is 68.0 cm³/mol. The summed E-state index contributed by atoms with van der Waals surface area (Å²) in [6, 6.07) is 15.0. The highest BCUT2D eigenvalue weighted by atomic mass is 32.2. The summed E-state index contributed by atoms with van der Waals surface area (Å²) in [5, 5.41) is 4.77. The number of thioether (sulfide) groups is 1. The van der Waals surface area contributed by atoms with E-state index in [9.17, 15) is 0 Å². The zero-order valence-corrected chi connectivity index (χ0v) is 9.08. The zero-order valence-electron chi connectivity index (χ0n) is 8.26. The van der Waals surface area contributed by atoms with Crippen LogP contribution >= 0.6 is 11.8 Å². The van der Waals surface area contributed by atoms with Gasteiger partial charge in [0, 0.05) is 17.3 Å². The molecule has 0 unspecified atom stereocenters. The average Bonchev–Trinajstić information content (AvgIpc) is 2.82. The van der Waals surface area contributed by atoms with E-state index in [-0.39, 0.29) is 0 Å². The molecule has 0 spiro atoms. The SMILES string of the molecule is C1=CN(c2cccc3ccccc23)CS1. The second-order valence-electron chi connectivity index (χ2n) is 3.55. The van der Waals surface area contributed by atoms with Crippen LogP contribution in [0.25, 0.3) is 10.8 Å². The van der Waals surface area contributed by atoms with Gasteiger partial charge in [0.05, 0.1) is 5.88 Å². The van der Waals surface area contributed by atoms with Gasteiger partial charge in [-0.3, -0.25) is 0 Å². The third-order valence-corrected chi connectivity index (χ3v) is 3.37. The van der Waals surface area contributed by atoms with Crippen LogP contribution in [0.4, 0.5) is 5.69 Å². The van der Waals surface area contributed by atoms with Crippen LogP contribution in [0, 0.1) is 0 Å². The number of anilines is 1. The van der Waals surface area contributed by atoms with Crippen LogP contribution in [0.2, 0.25) is 0 Å². The summed E-state index contributed by atoms with van der Waals surface area (Å²) in [5.74, 6) is 1.02. The lowest BCUT2D eigenvalue weighted by Gasteiger charge is -2.17. The summed E-state index contributed by atoms with van der Waals surface area (Å²) in [7, 11) is 0. The first-order valence-corrected chi connectivity index (χ1v) is 6.03. The van der Waals surface area contributed by atoms with E-state index in [0.717, 1.165) is 5.88 Å². The molecule has 2 aromatic carbocycles. The number of fused-ring (bicyclic) bond motifs is 1. The number of hydrogen-bond donors (Lipinski definition) is 0. The summed E-state index contributed by atoms with van der Waals surface area (Å²) in [4.78, 5) is 2.28. The molecule has 1 aliphatic heterocycles. The fourth-order valence-electron chi connectivity index (χ4n) is 1.89. The minimum atomic E-state index is 1.02. The molecule has 2 heteroatoms.